The van der Waals surface area contributed by atoms with Gasteiger partial charge in [-0.05, 0) is 18.3 Å². The smallest absolute Gasteiger partial charge is 0.253 e. The van der Waals surface area contributed by atoms with E-state index in [1.165, 1.54) is 31.1 Å². The van der Waals surface area contributed by atoms with Gasteiger partial charge in [0.2, 0.25) is 0 Å². The second kappa shape index (κ2) is 4.28. The Morgan fingerprint density at radius 1 is 1.44 bits per heavy atom. The van der Waals surface area contributed by atoms with Gasteiger partial charge in [0.05, 0.1) is 16.1 Å². The molecular formula is C12H17N3O2S. The Morgan fingerprint density at radius 2 is 2.06 bits per heavy atom. The van der Waals surface area contributed by atoms with E-state index in [1.807, 2.05) is 0 Å². The molecule has 0 aliphatic heterocycles. The second-order valence-corrected chi connectivity index (χ2v) is 6.15. The zero-order chi connectivity index (χ0) is 13.5. The molecule has 1 aliphatic rings. The number of nitrogen functional groups attached to an aromatic ring is 1. The van der Waals surface area contributed by atoms with Crippen LogP contribution in [0.25, 0.3) is 0 Å². The summed E-state index contributed by atoms with van der Waals surface area (Å²) in [7, 11) is 0. The molecule has 1 fully saturated rings. The number of carbonyl (C=O) groups excluding carboxylic acids is 2. The number of Topliss-reactive ketones (excluding diaryl/α,β-unsaturated/α-hetero) is 1. The Hall–Kier alpha value is -1.56. The van der Waals surface area contributed by atoms with E-state index in [0.717, 1.165) is 6.54 Å². The summed E-state index contributed by atoms with van der Waals surface area (Å²) in [6.45, 7) is 4.37. The quantitative estimate of drug-likeness (QED) is 0.709. The molecule has 0 unspecified atom stereocenters. The van der Waals surface area contributed by atoms with Crippen molar-refractivity contribution in [3.8, 4) is 0 Å². The number of nitrogens with one attached hydrogen (secondary N) is 1. The van der Waals surface area contributed by atoms with E-state index >= 15 is 0 Å². The number of thiophene rings is 1. The SMILES string of the molecule is CC(=O)c1sc(NCC2(C)CC2)c(C(N)=O)c1N. The highest BCUT2D eigenvalue weighted by atomic mass is 32.1. The normalized spacial score (nSPS) is 16.3. The van der Waals surface area contributed by atoms with Gasteiger partial charge in [0.1, 0.15) is 5.00 Å². The second-order valence-electron chi connectivity index (χ2n) is 5.13. The van der Waals surface area contributed by atoms with Crippen LogP contribution in [-0.2, 0) is 0 Å². The van der Waals surface area contributed by atoms with Crippen LogP contribution in [0.5, 0.6) is 0 Å². The van der Waals surface area contributed by atoms with Gasteiger partial charge in [-0.15, -0.1) is 11.3 Å². The molecule has 1 aliphatic carbocycles. The van der Waals surface area contributed by atoms with Crippen molar-refractivity contribution in [1.29, 1.82) is 0 Å². The van der Waals surface area contributed by atoms with Crippen LogP contribution in [0.3, 0.4) is 0 Å². The Kier molecular flexibility index (Phi) is 3.06. The van der Waals surface area contributed by atoms with E-state index in [0.29, 0.717) is 15.3 Å². The Bertz CT molecular complexity index is 518. The van der Waals surface area contributed by atoms with Crippen molar-refractivity contribution < 1.29 is 9.59 Å². The van der Waals surface area contributed by atoms with Crippen LogP contribution < -0.4 is 16.8 Å². The Labute approximate surface area is 110 Å². The van der Waals surface area contributed by atoms with Crippen LogP contribution in [0.2, 0.25) is 0 Å². The molecule has 5 nitrogen and oxygen atoms in total. The molecule has 1 heterocycles. The first kappa shape index (κ1) is 12.9. The lowest BCUT2D eigenvalue weighted by molar-refractivity contribution is 0.100. The van der Waals surface area contributed by atoms with Crippen LogP contribution in [0.15, 0.2) is 0 Å². The molecule has 5 N–H and O–H groups in total. The van der Waals surface area contributed by atoms with Crippen LogP contribution >= 0.6 is 11.3 Å². The van der Waals surface area contributed by atoms with Gasteiger partial charge in [0, 0.05) is 13.5 Å². The molecule has 0 aromatic carbocycles. The molecule has 1 saturated carbocycles. The van der Waals surface area contributed by atoms with Crippen molar-refractivity contribution in [2.45, 2.75) is 26.7 Å². The van der Waals surface area contributed by atoms with E-state index in [9.17, 15) is 9.59 Å². The fourth-order valence-electron chi connectivity index (χ4n) is 1.76. The van der Waals surface area contributed by atoms with E-state index < -0.39 is 5.91 Å². The number of carbonyl (C=O) groups is 2. The summed E-state index contributed by atoms with van der Waals surface area (Å²) < 4.78 is 0. The maximum atomic E-state index is 11.4. The number of anilines is 2. The molecule has 2 rings (SSSR count). The van der Waals surface area contributed by atoms with Gasteiger partial charge in [-0.25, -0.2) is 0 Å². The number of rotatable bonds is 5. The molecule has 18 heavy (non-hydrogen) atoms. The molecule has 1 amide bonds. The first-order chi connectivity index (χ1) is 8.34. The van der Waals surface area contributed by atoms with E-state index in [4.69, 9.17) is 11.5 Å². The maximum Gasteiger partial charge on any atom is 0.253 e. The molecule has 0 atom stereocenters. The lowest BCUT2D eigenvalue weighted by Crippen LogP contribution is -2.17. The standard InChI is InChI=1S/C12H17N3O2S/c1-6(16)9-8(13)7(10(14)17)11(18-9)15-5-12(2)3-4-12/h15H,3-5,13H2,1-2H3,(H2,14,17). The number of hydrogen-bond acceptors (Lipinski definition) is 5. The van der Waals surface area contributed by atoms with Crippen LogP contribution in [0, 0.1) is 5.41 Å². The third-order valence-corrected chi connectivity index (χ3v) is 4.55. The predicted molar refractivity (Wildman–Crippen MR) is 73.1 cm³/mol. The summed E-state index contributed by atoms with van der Waals surface area (Å²) in [5, 5.41) is 3.81. The highest BCUT2D eigenvalue weighted by Crippen LogP contribution is 2.45. The van der Waals surface area contributed by atoms with E-state index in [-0.39, 0.29) is 17.0 Å². The van der Waals surface area contributed by atoms with Crippen LogP contribution in [-0.4, -0.2) is 18.2 Å². The Morgan fingerprint density at radius 3 is 2.50 bits per heavy atom. The highest BCUT2D eigenvalue weighted by molar-refractivity contribution is 7.19. The van der Waals surface area contributed by atoms with Gasteiger partial charge >= 0.3 is 0 Å². The van der Waals surface area contributed by atoms with Crippen molar-refractivity contribution in [1.82, 2.24) is 0 Å². The lowest BCUT2D eigenvalue weighted by atomic mass is 10.1. The molecule has 0 bridgehead atoms. The molecule has 0 spiro atoms. The average molecular weight is 267 g/mol. The average Bonchev–Trinajstić information content (AvgIpc) is 2.88. The summed E-state index contributed by atoms with van der Waals surface area (Å²) in [5.41, 5.74) is 11.9. The molecular weight excluding hydrogens is 250 g/mol. The number of ketones is 1. The summed E-state index contributed by atoms with van der Waals surface area (Å²) in [6, 6.07) is 0. The molecule has 1 aromatic rings. The minimum Gasteiger partial charge on any atom is -0.397 e. The lowest BCUT2D eigenvalue weighted by Gasteiger charge is -2.10. The summed E-state index contributed by atoms with van der Waals surface area (Å²) >= 11 is 1.20. The monoisotopic (exact) mass is 267 g/mol. The van der Waals surface area contributed by atoms with Gasteiger partial charge in [0.25, 0.3) is 5.91 Å². The van der Waals surface area contributed by atoms with Gasteiger partial charge in [-0.3, -0.25) is 9.59 Å². The zero-order valence-corrected chi connectivity index (χ0v) is 11.3. The molecule has 0 saturated heterocycles. The maximum absolute atomic E-state index is 11.4. The summed E-state index contributed by atoms with van der Waals surface area (Å²) in [4.78, 5) is 23.2. The number of primary amides is 1. The minimum absolute atomic E-state index is 0.148. The van der Waals surface area contributed by atoms with Gasteiger partial charge in [0.15, 0.2) is 5.78 Å². The van der Waals surface area contributed by atoms with Crippen molar-refractivity contribution in [2.75, 3.05) is 17.6 Å². The predicted octanol–water partition coefficient (Wildman–Crippen LogP) is 1.84. The number of amides is 1. The van der Waals surface area contributed by atoms with Crippen LogP contribution in [0.4, 0.5) is 10.7 Å². The van der Waals surface area contributed by atoms with E-state index in [2.05, 4.69) is 12.2 Å². The van der Waals surface area contributed by atoms with Gasteiger partial charge < -0.3 is 16.8 Å². The molecule has 0 radical (unpaired) electrons. The van der Waals surface area contributed by atoms with Gasteiger partial charge in [-0.2, -0.15) is 0 Å². The Balaban J connectivity index is 2.29. The number of nitrogens with two attached hydrogens (primary N) is 2. The minimum atomic E-state index is -0.597. The topological polar surface area (TPSA) is 98.2 Å². The van der Waals surface area contributed by atoms with E-state index in [1.54, 1.807) is 0 Å². The molecule has 98 valence electrons. The fraction of sp³-hybridized carbons (Fsp3) is 0.500. The summed E-state index contributed by atoms with van der Waals surface area (Å²) in [6.07, 6.45) is 2.35. The van der Waals surface area contributed by atoms with Crippen molar-refractivity contribution in [3.63, 3.8) is 0 Å². The fourth-order valence-corrected chi connectivity index (χ4v) is 2.78. The third kappa shape index (κ3) is 2.33. The van der Waals surface area contributed by atoms with Gasteiger partial charge in [-0.1, -0.05) is 6.92 Å². The zero-order valence-electron chi connectivity index (χ0n) is 10.5. The van der Waals surface area contributed by atoms with Crippen molar-refractivity contribution in [3.05, 3.63) is 10.4 Å². The molecule has 1 aromatic heterocycles. The first-order valence-corrected chi connectivity index (χ1v) is 6.62. The van der Waals surface area contributed by atoms with Crippen molar-refractivity contribution in [2.24, 2.45) is 11.1 Å². The first-order valence-electron chi connectivity index (χ1n) is 5.81. The largest absolute Gasteiger partial charge is 0.397 e. The highest BCUT2D eigenvalue weighted by Gasteiger charge is 2.37. The third-order valence-electron chi connectivity index (χ3n) is 3.29. The molecule has 6 heteroatoms. The van der Waals surface area contributed by atoms with Crippen molar-refractivity contribution >= 4 is 33.7 Å². The number of hydrogen-bond donors (Lipinski definition) is 3. The summed E-state index contributed by atoms with van der Waals surface area (Å²) in [5.74, 6) is -0.745. The van der Waals surface area contributed by atoms with Crippen LogP contribution in [0.1, 0.15) is 46.7 Å².